The van der Waals surface area contributed by atoms with Gasteiger partial charge in [0, 0.05) is 30.6 Å². The molecule has 2 heterocycles. The van der Waals surface area contributed by atoms with Gasteiger partial charge in [0.2, 0.25) is 0 Å². The summed E-state index contributed by atoms with van der Waals surface area (Å²) in [6.45, 7) is 0. The number of hydrogen-bond donors (Lipinski definition) is 1. The van der Waals surface area contributed by atoms with Crippen LogP contribution in [0.15, 0.2) is 61.1 Å². The third-order valence-electron chi connectivity index (χ3n) is 3.63. The van der Waals surface area contributed by atoms with Gasteiger partial charge in [0.15, 0.2) is 0 Å². The Bertz CT molecular complexity index is 1010. The van der Waals surface area contributed by atoms with Gasteiger partial charge in [-0.2, -0.15) is 5.10 Å². The highest BCUT2D eigenvalue weighted by Gasteiger charge is 2.06. The van der Waals surface area contributed by atoms with Crippen molar-refractivity contribution in [2.24, 2.45) is 7.05 Å². The van der Waals surface area contributed by atoms with E-state index in [9.17, 15) is 0 Å². The van der Waals surface area contributed by atoms with Crippen LogP contribution in [0.25, 0.3) is 22.3 Å². The molecule has 118 valence electrons. The molecule has 0 spiro atoms. The number of benzene rings is 2. The Hall–Kier alpha value is -3.41. The van der Waals surface area contributed by atoms with E-state index in [1.54, 1.807) is 29.2 Å². The van der Waals surface area contributed by atoms with Crippen molar-refractivity contribution in [2.45, 2.75) is 0 Å². The van der Waals surface area contributed by atoms with Crippen LogP contribution in [0.3, 0.4) is 0 Å². The fourth-order valence-corrected chi connectivity index (χ4v) is 2.42. The Morgan fingerprint density at radius 3 is 2.50 bits per heavy atom. The monoisotopic (exact) mass is 317 g/mol. The van der Waals surface area contributed by atoms with Gasteiger partial charge < -0.3 is 10.5 Å². The van der Waals surface area contributed by atoms with Crippen LogP contribution in [-0.4, -0.2) is 19.7 Å². The summed E-state index contributed by atoms with van der Waals surface area (Å²) in [7, 11) is 1.87. The molecule has 0 radical (unpaired) electrons. The molecule has 0 unspecified atom stereocenters. The second-order valence-electron chi connectivity index (χ2n) is 5.48. The van der Waals surface area contributed by atoms with E-state index in [1.165, 1.54) is 0 Å². The Morgan fingerprint density at radius 2 is 1.75 bits per heavy atom. The number of fused-ring (bicyclic) bond motifs is 1. The van der Waals surface area contributed by atoms with Gasteiger partial charge in [0.25, 0.3) is 0 Å². The van der Waals surface area contributed by atoms with E-state index in [-0.39, 0.29) is 0 Å². The molecule has 0 aliphatic heterocycles. The first-order chi connectivity index (χ1) is 11.7. The summed E-state index contributed by atoms with van der Waals surface area (Å²) >= 11 is 0. The maximum absolute atomic E-state index is 5.85. The van der Waals surface area contributed by atoms with Gasteiger partial charge in [-0.05, 0) is 36.4 Å². The molecule has 2 N–H and O–H groups in total. The fraction of sp³-hybridized carbons (Fsp3) is 0.0556. The van der Waals surface area contributed by atoms with E-state index < -0.39 is 0 Å². The lowest BCUT2D eigenvalue weighted by atomic mass is 10.2. The van der Waals surface area contributed by atoms with Crippen LogP contribution in [0.5, 0.6) is 11.5 Å². The number of ether oxygens (including phenoxy) is 1. The van der Waals surface area contributed by atoms with Gasteiger partial charge in [-0.25, -0.2) is 4.98 Å². The van der Waals surface area contributed by atoms with Crippen LogP contribution in [0, 0.1) is 0 Å². The second-order valence-corrected chi connectivity index (χ2v) is 5.48. The molecular formula is C18H15N5O. The number of nitrogens with zero attached hydrogens (tertiary/aromatic N) is 4. The lowest BCUT2D eigenvalue weighted by Gasteiger charge is -2.07. The first-order valence-corrected chi connectivity index (χ1v) is 7.46. The predicted octanol–water partition coefficient (Wildman–Crippen LogP) is 3.40. The molecule has 0 saturated heterocycles. The smallest absolute Gasteiger partial charge is 0.129 e. The zero-order chi connectivity index (χ0) is 16.5. The van der Waals surface area contributed by atoms with E-state index in [1.807, 2.05) is 43.6 Å². The summed E-state index contributed by atoms with van der Waals surface area (Å²) in [6.07, 6.45) is 5.43. The molecule has 0 aliphatic carbocycles. The minimum absolute atomic E-state index is 0.699. The van der Waals surface area contributed by atoms with Crippen molar-refractivity contribution in [3.05, 3.63) is 61.1 Å². The lowest BCUT2D eigenvalue weighted by Crippen LogP contribution is -1.90. The summed E-state index contributed by atoms with van der Waals surface area (Å²) in [5.74, 6) is 1.42. The van der Waals surface area contributed by atoms with Crippen molar-refractivity contribution in [1.29, 1.82) is 0 Å². The molecule has 6 nitrogen and oxygen atoms in total. The summed E-state index contributed by atoms with van der Waals surface area (Å²) < 4.78 is 7.59. The van der Waals surface area contributed by atoms with Crippen molar-refractivity contribution in [2.75, 3.05) is 5.73 Å². The molecule has 0 atom stereocenters. The molecule has 4 aromatic rings. The first-order valence-electron chi connectivity index (χ1n) is 7.46. The Balaban J connectivity index is 1.69. The van der Waals surface area contributed by atoms with Crippen molar-refractivity contribution < 1.29 is 4.74 Å². The van der Waals surface area contributed by atoms with E-state index in [0.717, 1.165) is 28.0 Å². The molecule has 2 aromatic heterocycles. The minimum atomic E-state index is 0.699. The molecular weight excluding hydrogens is 302 g/mol. The Morgan fingerprint density at radius 1 is 0.958 bits per heavy atom. The predicted molar refractivity (Wildman–Crippen MR) is 92.7 cm³/mol. The topological polar surface area (TPSA) is 78.9 Å². The van der Waals surface area contributed by atoms with Crippen LogP contribution in [0.2, 0.25) is 0 Å². The molecule has 4 rings (SSSR count). The SMILES string of the molecule is Cn1cc(-c2cnc3ccc(Oc4ccc(N)cc4)cc3n2)cn1. The summed E-state index contributed by atoms with van der Waals surface area (Å²) in [4.78, 5) is 9.11. The summed E-state index contributed by atoms with van der Waals surface area (Å²) in [5.41, 5.74) is 9.67. The standard InChI is InChI=1S/C18H15N5O/c1-23-11-12(9-21-23)18-10-20-16-7-6-15(8-17(16)22-18)24-14-4-2-13(19)3-5-14/h2-11H,19H2,1H3. The average molecular weight is 317 g/mol. The zero-order valence-electron chi connectivity index (χ0n) is 13.0. The van der Waals surface area contributed by atoms with Gasteiger partial charge in [-0.3, -0.25) is 9.67 Å². The molecule has 0 bridgehead atoms. The summed E-state index contributed by atoms with van der Waals surface area (Å²) in [6, 6.07) is 12.9. The van der Waals surface area contributed by atoms with Crippen LogP contribution < -0.4 is 10.5 Å². The van der Waals surface area contributed by atoms with E-state index in [2.05, 4.69) is 15.1 Å². The van der Waals surface area contributed by atoms with E-state index in [4.69, 9.17) is 10.5 Å². The molecule has 2 aromatic carbocycles. The van der Waals surface area contributed by atoms with Crippen LogP contribution in [-0.2, 0) is 7.05 Å². The van der Waals surface area contributed by atoms with Crippen molar-refractivity contribution in [3.8, 4) is 22.8 Å². The minimum Gasteiger partial charge on any atom is -0.457 e. The molecule has 24 heavy (non-hydrogen) atoms. The molecule has 0 saturated carbocycles. The third kappa shape index (κ3) is 2.77. The van der Waals surface area contributed by atoms with E-state index in [0.29, 0.717) is 11.4 Å². The van der Waals surface area contributed by atoms with Gasteiger partial charge in [0.1, 0.15) is 11.5 Å². The lowest BCUT2D eigenvalue weighted by molar-refractivity contribution is 0.483. The highest BCUT2D eigenvalue weighted by molar-refractivity contribution is 5.78. The normalized spacial score (nSPS) is 10.9. The zero-order valence-corrected chi connectivity index (χ0v) is 13.0. The van der Waals surface area contributed by atoms with Crippen molar-refractivity contribution >= 4 is 16.7 Å². The van der Waals surface area contributed by atoms with Crippen molar-refractivity contribution in [3.63, 3.8) is 0 Å². The Labute approximate surface area is 138 Å². The number of aryl methyl sites for hydroxylation is 1. The average Bonchev–Trinajstić information content (AvgIpc) is 3.03. The Kier molecular flexibility index (Phi) is 3.35. The molecule has 0 amide bonds. The van der Waals surface area contributed by atoms with Crippen LogP contribution >= 0.6 is 0 Å². The largest absolute Gasteiger partial charge is 0.457 e. The van der Waals surface area contributed by atoms with Crippen LogP contribution in [0.4, 0.5) is 5.69 Å². The quantitative estimate of drug-likeness (QED) is 0.586. The van der Waals surface area contributed by atoms with Gasteiger partial charge >= 0.3 is 0 Å². The highest BCUT2D eigenvalue weighted by Crippen LogP contribution is 2.26. The van der Waals surface area contributed by atoms with E-state index >= 15 is 0 Å². The number of aromatic nitrogens is 4. The second kappa shape index (κ2) is 5.66. The number of anilines is 1. The maximum Gasteiger partial charge on any atom is 0.129 e. The number of hydrogen-bond acceptors (Lipinski definition) is 5. The number of rotatable bonds is 3. The summed E-state index contributed by atoms with van der Waals surface area (Å²) in [5, 5.41) is 4.17. The van der Waals surface area contributed by atoms with Gasteiger partial charge in [-0.15, -0.1) is 0 Å². The van der Waals surface area contributed by atoms with Crippen molar-refractivity contribution in [1.82, 2.24) is 19.7 Å². The highest BCUT2D eigenvalue weighted by atomic mass is 16.5. The molecule has 6 heteroatoms. The van der Waals surface area contributed by atoms with Crippen LogP contribution in [0.1, 0.15) is 0 Å². The number of nitrogen functional groups attached to an aromatic ring is 1. The third-order valence-corrected chi connectivity index (χ3v) is 3.63. The van der Waals surface area contributed by atoms with Gasteiger partial charge in [-0.1, -0.05) is 0 Å². The fourth-order valence-electron chi connectivity index (χ4n) is 2.42. The maximum atomic E-state index is 5.85. The van der Waals surface area contributed by atoms with Gasteiger partial charge in [0.05, 0.1) is 29.1 Å². The first kappa shape index (κ1) is 14.2. The molecule has 0 fully saturated rings. The molecule has 0 aliphatic rings. The number of nitrogens with two attached hydrogens (primary N) is 1.